The van der Waals surface area contributed by atoms with Gasteiger partial charge in [-0.15, -0.1) is 0 Å². The molecule has 8 nitrogen and oxygen atoms in total. The van der Waals surface area contributed by atoms with Crippen molar-refractivity contribution in [3.05, 3.63) is 17.3 Å². The van der Waals surface area contributed by atoms with Gasteiger partial charge in [-0.05, 0) is 20.3 Å². The summed E-state index contributed by atoms with van der Waals surface area (Å²) >= 11 is 0. The van der Waals surface area contributed by atoms with Crippen molar-refractivity contribution < 1.29 is 18.8 Å². The fourth-order valence-electron chi connectivity index (χ4n) is 1.81. The topological polar surface area (TPSA) is 113 Å². The van der Waals surface area contributed by atoms with Gasteiger partial charge in [0, 0.05) is 6.42 Å². The molecule has 1 aromatic rings. The number of amides is 4. The lowest BCUT2D eigenvalue weighted by Crippen LogP contribution is -2.31. The van der Waals surface area contributed by atoms with E-state index in [0.29, 0.717) is 5.89 Å². The molecule has 0 radical (unpaired) electrons. The largest absolute Gasteiger partial charge is 0.444 e. The zero-order chi connectivity index (χ0) is 14.7. The summed E-state index contributed by atoms with van der Waals surface area (Å²) in [6, 6.07) is -1.16. The third kappa shape index (κ3) is 3.34. The van der Waals surface area contributed by atoms with Crippen LogP contribution in [0.1, 0.15) is 30.2 Å². The standard InChI is InChI=1S/C12H16N4O4/c1-6-7(2)20-10(14-6)5-13-9(17)4-3-8-11(18)16-12(19)15-8/h8H,3-5H2,1-2H3,(H,13,17)(H2,15,16,18,19)/t8-/m0/s1. The molecule has 108 valence electrons. The van der Waals surface area contributed by atoms with Crippen molar-refractivity contribution in [1.82, 2.24) is 20.9 Å². The van der Waals surface area contributed by atoms with Crippen molar-refractivity contribution >= 4 is 17.8 Å². The second kappa shape index (κ2) is 5.72. The molecule has 2 heterocycles. The first-order valence-electron chi connectivity index (χ1n) is 6.26. The van der Waals surface area contributed by atoms with Crippen molar-refractivity contribution in [2.75, 3.05) is 0 Å². The van der Waals surface area contributed by atoms with Crippen molar-refractivity contribution in [3.8, 4) is 0 Å². The molecule has 3 N–H and O–H groups in total. The van der Waals surface area contributed by atoms with Crippen LogP contribution in [0, 0.1) is 13.8 Å². The maximum atomic E-state index is 11.6. The van der Waals surface area contributed by atoms with Gasteiger partial charge >= 0.3 is 6.03 Å². The quantitative estimate of drug-likeness (QED) is 0.652. The molecule has 0 bridgehead atoms. The molecule has 1 saturated heterocycles. The van der Waals surface area contributed by atoms with Crippen LogP contribution in [0.15, 0.2) is 4.42 Å². The van der Waals surface area contributed by atoms with Gasteiger partial charge in [0.05, 0.1) is 12.2 Å². The molecule has 1 aliphatic rings. The van der Waals surface area contributed by atoms with Gasteiger partial charge in [0.15, 0.2) is 0 Å². The van der Waals surface area contributed by atoms with E-state index in [1.807, 2.05) is 6.92 Å². The fourth-order valence-corrected chi connectivity index (χ4v) is 1.81. The number of nitrogens with zero attached hydrogens (tertiary/aromatic N) is 1. The Bertz CT molecular complexity index is 532. The fraction of sp³-hybridized carbons (Fsp3) is 0.500. The molecule has 20 heavy (non-hydrogen) atoms. The number of hydrogen-bond donors (Lipinski definition) is 3. The van der Waals surface area contributed by atoms with E-state index in [0.717, 1.165) is 11.5 Å². The molecule has 1 aliphatic heterocycles. The highest BCUT2D eigenvalue weighted by Crippen LogP contribution is 2.08. The number of carbonyl (C=O) groups excluding carboxylic acids is 3. The highest BCUT2D eigenvalue weighted by Gasteiger charge is 2.29. The average Bonchev–Trinajstić information content (AvgIpc) is 2.87. The van der Waals surface area contributed by atoms with E-state index < -0.39 is 18.0 Å². The summed E-state index contributed by atoms with van der Waals surface area (Å²) in [4.78, 5) is 37.9. The number of urea groups is 1. The summed E-state index contributed by atoms with van der Waals surface area (Å²) in [5, 5.41) is 7.19. The molecule has 0 saturated carbocycles. The molecule has 8 heteroatoms. The lowest BCUT2D eigenvalue weighted by atomic mass is 10.1. The van der Waals surface area contributed by atoms with Gasteiger partial charge in [-0.1, -0.05) is 0 Å². The molecule has 0 spiro atoms. The molecule has 4 amide bonds. The van der Waals surface area contributed by atoms with Crippen LogP contribution in [0.4, 0.5) is 4.79 Å². The Labute approximate surface area is 115 Å². The van der Waals surface area contributed by atoms with E-state index in [9.17, 15) is 14.4 Å². The highest BCUT2D eigenvalue weighted by atomic mass is 16.4. The normalized spacial score (nSPS) is 17.8. The lowest BCUT2D eigenvalue weighted by molar-refractivity contribution is -0.122. The Kier molecular flexibility index (Phi) is 4.02. The first-order valence-corrected chi connectivity index (χ1v) is 6.26. The Hall–Kier alpha value is -2.38. The van der Waals surface area contributed by atoms with Crippen LogP contribution in [-0.2, 0) is 16.1 Å². The maximum absolute atomic E-state index is 11.6. The van der Waals surface area contributed by atoms with Crippen LogP contribution < -0.4 is 16.0 Å². The molecule has 0 aromatic carbocycles. The first kappa shape index (κ1) is 14.0. The van der Waals surface area contributed by atoms with E-state index in [-0.39, 0.29) is 25.3 Å². The van der Waals surface area contributed by atoms with Crippen LogP contribution >= 0.6 is 0 Å². The first-order chi connectivity index (χ1) is 9.45. The van der Waals surface area contributed by atoms with Crippen LogP contribution in [0.2, 0.25) is 0 Å². The van der Waals surface area contributed by atoms with Crippen LogP contribution in [0.25, 0.3) is 0 Å². The van der Waals surface area contributed by atoms with Crippen LogP contribution in [-0.4, -0.2) is 28.9 Å². The minimum absolute atomic E-state index is 0.136. The van der Waals surface area contributed by atoms with Gasteiger partial charge in [-0.2, -0.15) is 0 Å². The molecule has 2 rings (SSSR count). The van der Waals surface area contributed by atoms with Gasteiger partial charge in [-0.3, -0.25) is 14.9 Å². The monoisotopic (exact) mass is 280 g/mol. The van der Waals surface area contributed by atoms with Gasteiger partial charge in [0.1, 0.15) is 11.8 Å². The van der Waals surface area contributed by atoms with E-state index in [1.165, 1.54) is 0 Å². The van der Waals surface area contributed by atoms with E-state index in [1.54, 1.807) is 6.92 Å². The second-order valence-electron chi connectivity index (χ2n) is 4.58. The Morgan fingerprint density at radius 3 is 2.70 bits per heavy atom. The molecule has 0 unspecified atom stereocenters. The molecular weight excluding hydrogens is 264 g/mol. The summed E-state index contributed by atoms with van der Waals surface area (Å²) in [6.07, 6.45) is 0.393. The number of carbonyl (C=O) groups is 3. The SMILES string of the molecule is Cc1nc(CNC(=O)CC[C@@H]2NC(=O)NC2=O)oc1C. The average molecular weight is 280 g/mol. The summed E-state index contributed by atoms with van der Waals surface area (Å²) in [5.74, 6) is 0.536. The zero-order valence-corrected chi connectivity index (χ0v) is 11.3. The summed E-state index contributed by atoms with van der Waals surface area (Å²) in [5.41, 5.74) is 0.791. The minimum Gasteiger partial charge on any atom is -0.444 e. The predicted molar refractivity (Wildman–Crippen MR) is 67.5 cm³/mol. The lowest BCUT2D eigenvalue weighted by Gasteiger charge is -2.06. The maximum Gasteiger partial charge on any atom is 0.322 e. The minimum atomic E-state index is -0.639. The van der Waals surface area contributed by atoms with Gasteiger partial charge in [-0.25, -0.2) is 9.78 Å². The van der Waals surface area contributed by atoms with E-state index in [2.05, 4.69) is 20.9 Å². The van der Waals surface area contributed by atoms with E-state index >= 15 is 0 Å². The van der Waals surface area contributed by atoms with Crippen molar-refractivity contribution in [2.24, 2.45) is 0 Å². The Morgan fingerprint density at radius 1 is 1.40 bits per heavy atom. The van der Waals surface area contributed by atoms with Crippen LogP contribution in [0.3, 0.4) is 0 Å². The molecule has 0 aliphatic carbocycles. The number of aryl methyl sites for hydroxylation is 2. The van der Waals surface area contributed by atoms with Gasteiger partial charge < -0.3 is 15.1 Å². The smallest absolute Gasteiger partial charge is 0.322 e. The number of oxazole rings is 1. The Balaban J connectivity index is 1.73. The zero-order valence-electron chi connectivity index (χ0n) is 11.3. The summed E-state index contributed by atoms with van der Waals surface area (Å²) in [6.45, 7) is 3.83. The van der Waals surface area contributed by atoms with E-state index in [4.69, 9.17) is 4.42 Å². The number of aromatic nitrogens is 1. The third-order valence-electron chi connectivity index (χ3n) is 3.03. The Morgan fingerprint density at radius 2 is 2.15 bits per heavy atom. The molecule has 1 fully saturated rings. The predicted octanol–water partition coefficient (Wildman–Crippen LogP) is -0.104. The van der Waals surface area contributed by atoms with Crippen molar-refractivity contribution in [3.63, 3.8) is 0 Å². The highest BCUT2D eigenvalue weighted by molar-refractivity contribution is 6.04. The van der Waals surface area contributed by atoms with Crippen molar-refractivity contribution in [1.29, 1.82) is 0 Å². The number of hydrogen-bond acceptors (Lipinski definition) is 5. The summed E-state index contributed by atoms with van der Waals surface area (Å²) < 4.78 is 5.33. The third-order valence-corrected chi connectivity index (χ3v) is 3.03. The molecular formula is C12H16N4O4. The van der Waals surface area contributed by atoms with Gasteiger partial charge in [0.2, 0.25) is 11.8 Å². The molecule has 1 atom stereocenters. The number of imide groups is 1. The van der Waals surface area contributed by atoms with Crippen molar-refractivity contribution in [2.45, 2.75) is 39.3 Å². The number of rotatable bonds is 5. The summed E-state index contributed by atoms with van der Waals surface area (Å²) in [7, 11) is 0. The van der Waals surface area contributed by atoms with Crippen LogP contribution in [0.5, 0.6) is 0 Å². The van der Waals surface area contributed by atoms with Gasteiger partial charge in [0.25, 0.3) is 5.91 Å². The number of nitrogens with one attached hydrogen (secondary N) is 3. The molecule has 1 aromatic heterocycles. The second-order valence-corrected chi connectivity index (χ2v) is 4.58.